The third kappa shape index (κ3) is 3.98. The number of nitrogens with zero attached hydrogens (tertiary/aromatic N) is 1. The van der Waals surface area contributed by atoms with Crippen LogP contribution in [0.5, 0.6) is 5.75 Å². The summed E-state index contributed by atoms with van der Waals surface area (Å²) in [5, 5.41) is 10.9. The van der Waals surface area contributed by atoms with Crippen molar-refractivity contribution < 1.29 is 14.4 Å². The molecule has 1 aromatic rings. The molecule has 0 aromatic heterocycles. The Morgan fingerprint density at radius 2 is 2.12 bits per heavy atom. The summed E-state index contributed by atoms with van der Waals surface area (Å²) in [6.07, 6.45) is 0.694. The first-order chi connectivity index (χ1) is 8.06. The molecule has 0 N–H and O–H groups in total. The molecule has 0 aliphatic heterocycles. The van der Waals surface area contributed by atoms with E-state index in [1.165, 1.54) is 6.07 Å². The van der Waals surface area contributed by atoms with Gasteiger partial charge < -0.3 is 9.47 Å². The topological polar surface area (TPSA) is 61.6 Å². The van der Waals surface area contributed by atoms with Crippen molar-refractivity contribution in [3.8, 4) is 5.75 Å². The second-order valence-corrected chi connectivity index (χ2v) is 4.38. The number of aryl methyl sites for hydroxylation is 1. The van der Waals surface area contributed by atoms with E-state index in [2.05, 4.69) is 15.9 Å². The summed E-state index contributed by atoms with van der Waals surface area (Å²) in [4.78, 5) is 10.4. The second kappa shape index (κ2) is 6.56. The lowest BCUT2D eigenvalue weighted by Crippen LogP contribution is -2.03. The van der Waals surface area contributed by atoms with E-state index in [4.69, 9.17) is 9.47 Å². The van der Waals surface area contributed by atoms with Gasteiger partial charge in [-0.1, -0.05) is 15.9 Å². The van der Waals surface area contributed by atoms with Gasteiger partial charge >= 0.3 is 5.69 Å². The van der Waals surface area contributed by atoms with Gasteiger partial charge in [0.15, 0.2) is 5.75 Å². The van der Waals surface area contributed by atoms with Crippen molar-refractivity contribution in [3.05, 3.63) is 32.3 Å². The number of nitro benzene ring substituents is 1. The van der Waals surface area contributed by atoms with Gasteiger partial charge in [-0.2, -0.15) is 0 Å². The van der Waals surface area contributed by atoms with Crippen molar-refractivity contribution in [3.63, 3.8) is 0 Å². The maximum absolute atomic E-state index is 10.9. The average molecular weight is 304 g/mol. The standard InChI is InChI=1S/C11H14BrNO4/c1-8-6-10(13(14)15)11(7-9(8)12)17-5-3-4-16-2/h6-7H,3-5H2,1-2H3. The van der Waals surface area contributed by atoms with Crippen LogP contribution in [0.3, 0.4) is 0 Å². The average Bonchev–Trinajstić information content (AvgIpc) is 2.28. The molecule has 0 heterocycles. The number of methoxy groups -OCH3 is 1. The number of nitro groups is 1. The third-order valence-electron chi connectivity index (χ3n) is 2.19. The molecule has 0 bridgehead atoms. The van der Waals surface area contributed by atoms with Gasteiger partial charge in [0.1, 0.15) is 0 Å². The number of halogens is 1. The first-order valence-electron chi connectivity index (χ1n) is 5.12. The van der Waals surface area contributed by atoms with Crippen LogP contribution >= 0.6 is 15.9 Å². The number of rotatable bonds is 6. The SMILES string of the molecule is COCCCOc1cc(Br)c(C)cc1[N+](=O)[O-]. The highest BCUT2D eigenvalue weighted by molar-refractivity contribution is 9.10. The third-order valence-corrected chi connectivity index (χ3v) is 3.04. The highest BCUT2D eigenvalue weighted by Gasteiger charge is 2.17. The molecule has 94 valence electrons. The van der Waals surface area contributed by atoms with E-state index in [1.807, 2.05) is 0 Å². The van der Waals surface area contributed by atoms with Crippen LogP contribution in [0.15, 0.2) is 16.6 Å². The van der Waals surface area contributed by atoms with Gasteiger partial charge in [-0.15, -0.1) is 0 Å². The summed E-state index contributed by atoms with van der Waals surface area (Å²) in [6.45, 7) is 2.76. The highest BCUT2D eigenvalue weighted by atomic mass is 79.9. The molecule has 0 fully saturated rings. The summed E-state index contributed by atoms with van der Waals surface area (Å²) >= 11 is 3.32. The fourth-order valence-electron chi connectivity index (χ4n) is 1.29. The molecule has 6 heteroatoms. The summed E-state index contributed by atoms with van der Waals surface area (Å²) in [5.74, 6) is 0.281. The molecule has 0 saturated heterocycles. The van der Waals surface area contributed by atoms with Crippen molar-refractivity contribution in [1.82, 2.24) is 0 Å². The van der Waals surface area contributed by atoms with Gasteiger partial charge in [0, 0.05) is 36.7 Å². The van der Waals surface area contributed by atoms with E-state index in [0.717, 1.165) is 10.0 Å². The summed E-state index contributed by atoms with van der Waals surface area (Å²) in [5.41, 5.74) is 0.795. The van der Waals surface area contributed by atoms with Crippen molar-refractivity contribution in [1.29, 1.82) is 0 Å². The minimum Gasteiger partial charge on any atom is -0.487 e. The van der Waals surface area contributed by atoms with Crippen LogP contribution in [0, 0.1) is 17.0 Å². The molecule has 0 unspecified atom stereocenters. The summed E-state index contributed by atoms with van der Waals surface area (Å²) in [6, 6.07) is 3.12. The van der Waals surface area contributed by atoms with Crippen LogP contribution in [0.2, 0.25) is 0 Å². The molecule has 0 amide bonds. The maximum atomic E-state index is 10.9. The first-order valence-corrected chi connectivity index (χ1v) is 5.92. The van der Waals surface area contributed by atoms with Crippen LogP contribution in [-0.2, 0) is 4.74 Å². The Kier molecular flexibility index (Phi) is 5.37. The Balaban J connectivity index is 2.81. The number of ether oxygens (including phenoxy) is 2. The lowest BCUT2D eigenvalue weighted by Gasteiger charge is -2.08. The smallest absolute Gasteiger partial charge is 0.311 e. The molecular weight excluding hydrogens is 290 g/mol. The molecule has 0 atom stereocenters. The van der Waals surface area contributed by atoms with Crippen LogP contribution in [0.4, 0.5) is 5.69 Å². The Labute approximate surface area is 108 Å². The molecule has 0 aliphatic carbocycles. The van der Waals surface area contributed by atoms with Gasteiger partial charge in [-0.05, 0) is 12.5 Å². The zero-order valence-corrected chi connectivity index (χ0v) is 11.3. The van der Waals surface area contributed by atoms with Crippen LogP contribution in [0.1, 0.15) is 12.0 Å². The number of hydrogen-bond acceptors (Lipinski definition) is 4. The van der Waals surface area contributed by atoms with Gasteiger partial charge in [0.05, 0.1) is 11.5 Å². The van der Waals surface area contributed by atoms with Gasteiger partial charge in [-0.25, -0.2) is 0 Å². The molecule has 17 heavy (non-hydrogen) atoms. The monoisotopic (exact) mass is 303 g/mol. The molecule has 0 saturated carbocycles. The highest BCUT2D eigenvalue weighted by Crippen LogP contribution is 2.32. The van der Waals surface area contributed by atoms with Gasteiger partial charge in [0.2, 0.25) is 0 Å². The molecule has 1 aromatic carbocycles. The quantitative estimate of drug-likeness (QED) is 0.460. The van der Waals surface area contributed by atoms with Crippen molar-refractivity contribution >= 4 is 21.6 Å². The normalized spacial score (nSPS) is 10.3. The Hall–Kier alpha value is -1.14. The van der Waals surface area contributed by atoms with Crippen LogP contribution in [0.25, 0.3) is 0 Å². The molecular formula is C11H14BrNO4. The number of hydrogen-bond donors (Lipinski definition) is 0. The van der Waals surface area contributed by atoms with Gasteiger partial charge in [0.25, 0.3) is 0 Å². The first kappa shape index (κ1) is 13.9. The largest absolute Gasteiger partial charge is 0.487 e. The second-order valence-electron chi connectivity index (χ2n) is 3.52. The fourth-order valence-corrected chi connectivity index (χ4v) is 1.61. The van der Waals surface area contributed by atoms with E-state index < -0.39 is 4.92 Å². The number of benzene rings is 1. The Morgan fingerprint density at radius 3 is 2.71 bits per heavy atom. The minimum atomic E-state index is -0.439. The Morgan fingerprint density at radius 1 is 1.41 bits per heavy atom. The van der Waals surface area contributed by atoms with Gasteiger partial charge in [-0.3, -0.25) is 10.1 Å². The van der Waals surface area contributed by atoms with Crippen LogP contribution in [-0.4, -0.2) is 25.2 Å². The van der Waals surface area contributed by atoms with E-state index in [9.17, 15) is 10.1 Å². The predicted molar refractivity (Wildman–Crippen MR) is 67.5 cm³/mol. The zero-order valence-electron chi connectivity index (χ0n) is 9.73. The molecule has 0 spiro atoms. The summed E-state index contributed by atoms with van der Waals surface area (Å²) in [7, 11) is 1.60. The molecule has 0 radical (unpaired) electrons. The summed E-state index contributed by atoms with van der Waals surface area (Å²) < 4.78 is 11.1. The van der Waals surface area contributed by atoms with E-state index in [0.29, 0.717) is 19.6 Å². The lowest BCUT2D eigenvalue weighted by atomic mass is 10.2. The van der Waals surface area contributed by atoms with Crippen molar-refractivity contribution in [2.24, 2.45) is 0 Å². The van der Waals surface area contributed by atoms with Crippen molar-refractivity contribution in [2.45, 2.75) is 13.3 Å². The van der Waals surface area contributed by atoms with Crippen molar-refractivity contribution in [2.75, 3.05) is 20.3 Å². The fraction of sp³-hybridized carbons (Fsp3) is 0.455. The minimum absolute atomic E-state index is 0.0110. The Bertz CT molecular complexity index is 409. The molecule has 5 nitrogen and oxygen atoms in total. The van der Waals surface area contributed by atoms with E-state index in [1.54, 1.807) is 20.1 Å². The molecule has 0 aliphatic rings. The predicted octanol–water partition coefficient (Wildman–Crippen LogP) is 3.08. The lowest BCUT2D eigenvalue weighted by molar-refractivity contribution is -0.385. The maximum Gasteiger partial charge on any atom is 0.311 e. The van der Waals surface area contributed by atoms with E-state index in [-0.39, 0.29) is 11.4 Å². The molecule has 1 rings (SSSR count). The van der Waals surface area contributed by atoms with Crippen LogP contribution < -0.4 is 4.74 Å². The van der Waals surface area contributed by atoms with E-state index >= 15 is 0 Å². The zero-order chi connectivity index (χ0) is 12.8.